The van der Waals surface area contributed by atoms with Crippen LogP contribution < -0.4 is 10.6 Å². The van der Waals surface area contributed by atoms with E-state index in [1.54, 1.807) is 18.2 Å². The van der Waals surface area contributed by atoms with E-state index in [4.69, 9.17) is 34.8 Å². The van der Waals surface area contributed by atoms with E-state index >= 15 is 0 Å². The number of pyridine rings is 1. The summed E-state index contributed by atoms with van der Waals surface area (Å²) in [6.45, 7) is 0.243. The standard InChI is InChI=1S/C16H14Cl3N3O2/c17-11-2-1-10(13(19)7-11)3-5-21-15(23)9-22-16(24)14-8-12(18)4-6-20-14/h1-2,4,6-8H,3,5,9H2,(H,21,23)(H,22,24). The van der Waals surface area contributed by atoms with Gasteiger partial charge < -0.3 is 10.6 Å². The van der Waals surface area contributed by atoms with E-state index in [0.717, 1.165) is 5.56 Å². The molecule has 0 aliphatic carbocycles. The molecule has 0 radical (unpaired) electrons. The van der Waals surface area contributed by atoms with Crippen molar-refractivity contribution in [3.8, 4) is 0 Å². The lowest BCUT2D eigenvalue weighted by molar-refractivity contribution is -0.120. The minimum absolute atomic E-state index is 0.151. The second-order valence-corrected chi connectivity index (χ2v) is 6.16. The highest BCUT2D eigenvalue weighted by atomic mass is 35.5. The summed E-state index contributed by atoms with van der Waals surface area (Å²) in [5.74, 6) is -0.774. The van der Waals surface area contributed by atoms with E-state index < -0.39 is 5.91 Å². The second kappa shape index (κ2) is 8.87. The number of rotatable bonds is 6. The Bertz CT molecular complexity index is 753. The Morgan fingerprint density at radius 1 is 1.00 bits per heavy atom. The molecule has 0 bridgehead atoms. The molecule has 2 rings (SSSR count). The van der Waals surface area contributed by atoms with Crippen LogP contribution in [0.4, 0.5) is 0 Å². The van der Waals surface area contributed by atoms with Crippen LogP contribution in [0, 0.1) is 0 Å². The quantitative estimate of drug-likeness (QED) is 0.801. The molecule has 0 saturated carbocycles. The molecule has 1 aromatic carbocycles. The maximum Gasteiger partial charge on any atom is 0.270 e. The van der Waals surface area contributed by atoms with Crippen molar-refractivity contribution < 1.29 is 9.59 Å². The van der Waals surface area contributed by atoms with Crippen LogP contribution in [0.3, 0.4) is 0 Å². The zero-order chi connectivity index (χ0) is 17.5. The maximum absolute atomic E-state index is 11.8. The van der Waals surface area contributed by atoms with Crippen molar-refractivity contribution in [2.45, 2.75) is 6.42 Å². The number of carbonyl (C=O) groups is 2. The Balaban J connectivity index is 1.74. The van der Waals surface area contributed by atoms with E-state index in [9.17, 15) is 9.59 Å². The molecule has 2 N–H and O–H groups in total. The summed E-state index contributed by atoms with van der Waals surface area (Å²) in [4.78, 5) is 27.5. The van der Waals surface area contributed by atoms with E-state index in [0.29, 0.717) is 28.0 Å². The summed E-state index contributed by atoms with van der Waals surface area (Å²) in [5.41, 5.74) is 1.04. The number of nitrogens with one attached hydrogen (secondary N) is 2. The van der Waals surface area contributed by atoms with Crippen molar-refractivity contribution in [3.63, 3.8) is 0 Å². The van der Waals surface area contributed by atoms with Crippen molar-refractivity contribution in [1.82, 2.24) is 15.6 Å². The van der Waals surface area contributed by atoms with Gasteiger partial charge in [-0.1, -0.05) is 40.9 Å². The largest absolute Gasteiger partial charge is 0.354 e. The minimum atomic E-state index is -0.464. The Labute approximate surface area is 154 Å². The Hall–Kier alpha value is -1.82. The van der Waals surface area contributed by atoms with Crippen molar-refractivity contribution in [3.05, 3.63) is 62.9 Å². The smallest absolute Gasteiger partial charge is 0.270 e. The molecule has 1 heterocycles. The summed E-state index contributed by atoms with van der Waals surface area (Å²) in [6, 6.07) is 8.19. The Morgan fingerprint density at radius 2 is 1.75 bits per heavy atom. The average Bonchev–Trinajstić information content (AvgIpc) is 2.54. The number of carbonyl (C=O) groups excluding carboxylic acids is 2. The van der Waals surface area contributed by atoms with Gasteiger partial charge in [0.25, 0.3) is 5.91 Å². The highest BCUT2D eigenvalue weighted by Crippen LogP contribution is 2.20. The van der Waals surface area contributed by atoms with Crippen LogP contribution >= 0.6 is 34.8 Å². The molecule has 5 nitrogen and oxygen atoms in total. The molecule has 0 fully saturated rings. The van der Waals surface area contributed by atoms with Gasteiger partial charge in [-0.2, -0.15) is 0 Å². The van der Waals surface area contributed by atoms with Gasteiger partial charge in [-0.3, -0.25) is 14.6 Å². The molecular weight excluding hydrogens is 373 g/mol. The predicted molar refractivity (Wildman–Crippen MR) is 94.8 cm³/mol. The zero-order valence-corrected chi connectivity index (χ0v) is 14.8. The van der Waals surface area contributed by atoms with Gasteiger partial charge in [-0.15, -0.1) is 0 Å². The van der Waals surface area contributed by atoms with Crippen LogP contribution in [0.1, 0.15) is 16.1 Å². The third kappa shape index (κ3) is 5.67. The second-order valence-electron chi connectivity index (χ2n) is 4.88. The number of benzene rings is 1. The number of hydrogen-bond donors (Lipinski definition) is 2. The first-order valence-corrected chi connectivity index (χ1v) is 8.19. The molecule has 8 heteroatoms. The molecule has 0 saturated heterocycles. The van der Waals surface area contributed by atoms with Crippen LogP contribution in [0.25, 0.3) is 0 Å². The lowest BCUT2D eigenvalue weighted by Gasteiger charge is -2.08. The molecule has 24 heavy (non-hydrogen) atoms. The van der Waals surface area contributed by atoms with Crippen LogP contribution in [0.5, 0.6) is 0 Å². The van der Waals surface area contributed by atoms with Crippen LogP contribution in [-0.2, 0) is 11.2 Å². The molecule has 1 aromatic heterocycles. The zero-order valence-electron chi connectivity index (χ0n) is 12.5. The minimum Gasteiger partial charge on any atom is -0.354 e. The molecule has 2 amide bonds. The predicted octanol–water partition coefficient (Wildman–Crippen LogP) is 3.13. The van der Waals surface area contributed by atoms with E-state index in [2.05, 4.69) is 15.6 Å². The normalized spacial score (nSPS) is 10.3. The van der Waals surface area contributed by atoms with Crippen LogP contribution in [-0.4, -0.2) is 29.9 Å². The van der Waals surface area contributed by atoms with Gasteiger partial charge in [0.15, 0.2) is 0 Å². The lowest BCUT2D eigenvalue weighted by Crippen LogP contribution is -2.38. The first-order chi connectivity index (χ1) is 11.5. The summed E-state index contributed by atoms with van der Waals surface area (Å²) < 4.78 is 0. The van der Waals surface area contributed by atoms with Gasteiger partial charge in [0.1, 0.15) is 5.69 Å². The van der Waals surface area contributed by atoms with Gasteiger partial charge in [0.2, 0.25) is 5.91 Å². The molecule has 2 aromatic rings. The topological polar surface area (TPSA) is 71.1 Å². The SMILES string of the molecule is O=C(CNC(=O)c1cc(Cl)ccn1)NCCc1ccc(Cl)cc1Cl. The van der Waals surface area contributed by atoms with Gasteiger partial charge in [0.05, 0.1) is 6.54 Å². The summed E-state index contributed by atoms with van der Waals surface area (Å²) in [5, 5.41) is 6.69. The fourth-order valence-corrected chi connectivity index (χ4v) is 2.57. The number of halogens is 3. The molecule has 0 unspecified atom stereocenters. The molecular formula is C16H14Cl3N3O2. The van der Waals surface area contributed by atoms with Gasteiger partial charge in [0, 0.05) is 27.8 Å². The number of aromatic nitrogens is 1. The Morgan fingerprint density at radius 3 is 2.46 bits per heavy atom. The maximum atomic E-state index is 11.8. The van der Waals surface area contributed by atoms with Crippen molar-refractivity contribution in [1.29, 1.82) is 0 Å². The van der Waals surface area contributed by atoms with Crippen LogP contribution in [0.15, 0.2) is 36.5 Å². The van der Waals surface area contributed by atoms with Crippen LogP contribution in [0.2, 0.25) is 15.1 Å². The van der Waals surface area contributed by atoms with Gasteiger partial charge in [-0.05, 0) is 36.2 Å². The molecule has 0 atom stereocenters. The highest BCUT2D eigenvalue weighted by Gasteiger charge is 2.09. The van der Waals surface area contributed by atoms with Gasteiger partial charge >= 0.3 is 0 Å². The van der Waals surface area contributed by atoms with E-state index in [1.165, 1.54) is 12.3 Å². The first kappa shape index (κ1) is 18.5. The highest BCUT2D eigenvalue weighted by molar-refractivity contribution is 6.35. The number of amides is 2. The molecule has 0 spiro atoms. The molecule has 0 aliphatic heterocycles. The molecule has 126 valence electrons. The fraction of sp³-hybridized carbons (Fsp3) is 0.188. The monoisotopic (exact) mass is 385 g/mol. The van der Waals surface area contributed by atoms with Crippen molar-refractivity contribution in [2.75, 3.05) is 13.1 Å². The lowest BCUT2D eigenvalue weighted by atomic mass is 10.1. The van der Waals surface area contributed by atoms with Crippen molar-refractivity contribution >= 4 is 46.6 Å². The third-order valence-electron chi connectivity index (χ3n) is 3.10. The summed E-state index contributed by atoms with van der Waals surface area (Å²) in [6.07, 6.45) is 1.98. The summed E-state index contributed by atoms with van der Waals surface area (Å²) in [7, 11) is 0. The fourth-order valence-electron chi connectivity index (χ4n) is 1.90. The number of hydrogen-bond acceptors (Lipinski definition) is 3. The summed E-state index contributed by atoms with van der Waals surface area (Å²) >= 11 is 17.7. The van der Waals surface area contributed by atoms with E-state index in [1.807, 2.05) is 6.07 Å². The average molecular weight is 387 g/mol. The first-order valence-electron chi connectivity index (χ1n) is 7.06. The molecule has 0 aliphatic rings. The van der Waals surface area contributed by atoms with Crippen molar-refractivity contribution in [2.24, 2.45) is 0 Å². The third-order valence-corrected chi connectivity index (χ3v) is 3.92. The van der Waals surface area contributed by atoms with E-state index in [-0.39, 0.29) is 18.1 Å². The Kier molecular flexibility index (Phi) is 6.85. The number of nitrogens with zero attached hydrogens (tertiary/aromatic N) is 1. The van der Waals surface area contributed by atoms with Gasteiger partial charge in [-0.25, -0.2) is 0 Å².